The summed E-state index contributed by atoms with van der Waals surface area (Å²) in [5.74, 6) is 1.52. The molecule has 0 N–H and O–H groups in total. The van der Waals surface area contributed by atoms with Gasteiger partial charge in [-0.05, 0) is 19.1 Å². The Hall–Kier alpha value is -1.89. The van der Waals surface area contributed by atoms with Gasteiger partial charge in [0.25, 0.3) is 0 Å². The molecule has 1 aliphatic rings. The number of ether oxygens (including phenoxy) is 2. The van der Waals surface area contributed by atoms with E-state index in [4.69, 9.17) is 14.7 Å². The van der Waals surface area contributed by atoms with Gasteiger partial charge in [-0.3, -0.25) is 0 Å². The molecule has 2 rings (SSSR count). The summed E-state index contributed by atoms with van der Waals surface area (Å²) >= 11 is 0. The maximum absolute atomic E-state index is 8.86. The predicted molar refractivity (Wildman–Crippen MR) is 60.9 cm³/mol. The Morgan fingerprint density at radius 3 is 2.69 bits per heavy atom. The summed E-state index contributed by atoms with van der Waals surface area (Å²) in [6.45, 7) is 3.03. The van der Waals surface area contributed by atoms with Crippen LogP contribution < -0.4 is 14.4 Å². The molecule has 1 aromatic rings. The number of nitrogens with zero attached hydrogens (tertiary/aromatic N) is 2. The third-order valence-electron chi connectivity index (χ3n) is 2.70. The lowest BCUT2D eigenvalue weighted by Gasteiger charge is -2.24. The van der Waals surface area contributed by atoms with Crippen LogP contribution in [0.1, 0.15) is 6.92 Å². The largest absolute Gasteiger partial charge is 0.486 e. The van der Waals surface area contributed by atoms with Crippen molar-refractivity contribution in [2.75, 3.05) is 25.2 Å². The number of benzene rings is 1. The number of nitriles is 1. The first-order valence-electron chi connectivity index (χ1n) is 5.24. The van der Waals surface area contributed by atoms with Crippen molar-refractivity contribution in [3.8, 4) is 17.6 Å². The number of hydrogen-bond acceptors (Lipinski definition) is 4. The standard InChI is InChI=1S/C12H14N2O2/c1-9(8-13)14(2)10-3-4-11-12(7-10)16-6-5-15-11/h3-4,7,9H,5-6H2,1-2H3. The monoisotopic (exact) mass is 218 g/mol. The van der Waals surface area contributed by atoms with Gasteiger partial charge in [0.15, 0.2) is 11.5 Å². The first kappa shape index (κ1) is 10.6. The van der Waals surface area contributed by atoms with Crippen LogP contribution in [0.15, 0.2) is 18.2 Å². The van der Waals surface area contributed by atoms with Gasteiger partial charge in [0.1, 0.15) is 19.3 Å². The summed E-state index contributed by atoms with van der Waals surface area (Å²) in [6.07, 6.45) is 0. The molecular formula is C12H14N2O2. The van der Waals surface area contributed by atoms with Crippen molar-refractivity contribution in [2.24, 2.45) is 0 Å². The van der Waals surface area contributed by atoms with Gasteiger partial charge in [-0.2, -0.15) is 5.26 Å². The lowest BCUT2D eigenvalue weighted by Crippen LogP contribution is -2.27. The van der Waals surface area contributed by atoms with Gasteiger partial charge in [0.2, 0.25) is 0 Å². The van der Waals surface area contributed by atoms with Crippen LogP contribution in [0.4, 0.5) is 5.69 Å². The second-order valence-electron chi connectivity index (χ2n) is 3.74. The molecule has 1 atom stereocenters. The molecule has 0 radical (unpaired) electrons. The molecule has 1 aliphatic heterocycles. The molecule has 0 aromatic heterocycles. The summed E-state index contributed by atoms with van der Waals surface area (Å²) in [6, 6.07) is 7.75. The van der Waals surface area contributed by atoms with E-state index in [0.29, 0.717) is 13.2 Å². The van der Waals surface area contributed by atoms with Crippen molar-refractivity contribution in [1.82, 2.24) is 0 Å². The molecule has 16 heavy (non-hydrogen) atoms. The van der Waals surface area contributed by atoms with E-state index in [2.05, 4.69) is 6.07 Å². The molecule has 0 bridgehead atoms. The SMILES string of the molecule is CC(C#N)N(C)c1ccc2c(c1)OCCO2. The average molecular weight is 218 g/mol. The van der Waals surface area contributed by atoms with Crippen LogP contribution in [0.5, 0.6) is 11.5 Å². The Morgan fingerprint density at radius 1 is 1.31 bits per heavy atom. The maximum Gasteiger partial charge on any atom is 0.163 e. The van der Waals surface area contributed by atoms with Crippen molar-refractivity contribution in [1.29, 1.82) is 5.26 Å². The number of anilines is 1. The molecule has 84 valence electrons. The Bertz CT molecular complexity index is 426. The molecule has 1 aromatic carbocycles. The smallest absolute Gasteiger partial charge is 0.163 e. The quantitative estimate of drug-likeness (QED) is 0.759. The summed E-state index contributed by atoms with van der Waals surface area (Å²) in [5.41, 5.74) is 0.957. The van der Waals surface area contributed by atoms with E-state index in [1.807, 2.05) is 37.1 Å². The number of hydrogen-bond donors (Lipinski definition) is 0. The van der Waals surface area contributed by atoms with Gasteiger partial charge < -0.3 is 14.4 Å². The molecule has 0 spiro atoms. The van der Waals surface area contributed by atoms with Crippen molar-refractivity contribution in [2.45, 2.75) is 13.0 Å². The maximum atomic E-state index is 8.86. The molecule has 0 aliphatic carbocycles. The van der Waals surface area contributed by atoms with Gasteiger partial charge in [0.05, 0.1) is 6.07 Å². The van der Waals surface area contributed by atoms with Crippen molar-refractivity contribution >= 4 is 5.69 Å². The van der Waals surface area contributed by atoms with Gasteiger partial charge in [-0.1, -0.05) is 0 Å². The highest BCUT2D eigenvalue weighted by Crippen LogP contribution is 2.33. The molecule has 0 saturated carbocycles. The highest BCUT2D eigenvalue weighted by molar-refractivity contribution is 5.57. The van der Waals surface area contributed by atoms with Crippen LogP contribution in [-0.2, 0) is 0 Å². The zero-order valence-electron chi connectivity index (χ0n) is 9.43. The Kier molecular flexibility index (Phi) is 2.86. The molecule has 1 unspecified atom stereocenters. The Labute approximate surface area is 95.0 Å². The van der Waals surface area contributed by atoms with Gasteiger partial charge in [-0.25, -0.2) is 0 Å². The fraction of sp³-hybridized carbons (Fsp3) is 0.417. The topological polar surface area (TPSA) is 45.5 Å². The fourth-order valence-corrected chi connectivity index (χ4v) is 1.56. The van der Waals surface area contributed by atoms with E-state index in [1.54, 1.807) is 0 Å². The van der Waals surface area contributed by atoms with Gasteiger partial charge in [-0.15, -0.1) is 0 Å². The van der Waals surface area contributed by atoms with Crippen LogP contribution in [0.25, 0.3) is 0 Å². The van der Waals surface area contributed by atoms with Crippen LogP contribution >= 0.6 is 0 Å². The molecule has 1 heterocycles. The third kappa shape index (κ3) is 1.89. The zero-order valence-corrected chi connectivity index (χ0v) is 9.43. The molecule has 0 fully saturated rings. The first-order valence-corrected chi connectivity index (χ1v) is 5.24. The van der Waals surface area contributed by atoms with Crippen LogP contribution in [0, 0.1) is 11.3 Å². The minimum absolute atomic E-state index is 0.164. The lowest BCUT2D eigenvalue weighted by molar-refractivity contribution is 0.171. The van der Waals surface area contributed by atoms with Crippen LogP contribution in [0.3, 0.4) is 0 Å². The summed E-state index contributed by atoms with van der Waals surface area (Å²) in [5, 5.41) is 8.86. The average Bonchev–Trinajstić information content (AvgIpc) is 2.36. The van der Waals surface area contributed by atoms with Crippen molar-refractivity contribution < 1.29 is 9.47 Å². The molecule has 0 saturated heterocycles. The van der Waals surface area contributed by atoms with E-state index < -0.39 is 0 Å². The second-order valence-corrected chi connectivity index (χ2v) is 3.74. The minimum atomic E-state index is -0.164. The summed E-state index contributed by atoms with van der Waals surface area (Å²) < 4.78 is 10.9. The van der Waals surface area contributed by atoms with Crippen molar-refractivity contribution in [3.05, 3.63) is 18.2 Å². The lowest BCUT2D eigenvalue weighted by atomic mass is 10.2. The van der Waals surface area contributed by atoms with Crippen molar-refractivity contribution in [3.63, 3.8) is 0 Å². The summed E-state index contributed by atoms with van der Waals surface area (Å²) in [7, 11) is 1.89. The number of fused-ring (bicyclic) bond motifs is 1. The minimum Gasteiger partial charge on any atom is -0.486 e. The fourth-order valence-electron chi connectivity index (χ4n) is 1.56. The molecule has 4 nitrogen and oxygen atoms in total. The Balaban J connectivity index is 2.27. The first-order chi connectivity index (χ1) is 7.72. The van der Waals surface area contributed by atoms with E-state index in [9.17, 15) is 0 Å². The highest BCUT2D eigenvalue weighted by atomic mass is 16.6. The second kappa shape index (κ2) is 4.31. The summed E-state index contributed by atoms with van der Waals surface area (Å²) in [4.78, 5) is 1.90. The predicted octanol–water partition coefficient (Wildman–Crippen LogP) is 1.81. The molecule has 0 amide bonds. The van der Waals surface area contributed by atoms with E-state index >= 15 is 0 Å². The van der Waals surface area contributed by atoms with Crippen LogP contribution in [-0.4, -0.2) is 26.3 Å². The van der Waals surface area contributed by atoms with Gasteiger partial charge in [0, 0.05) is 18.8 Å². The Morgan fingerprint density at radius 2 is 2.00 bits per heavy atom. The highest BCUT2D eigenvalue weighted by Gasteiger charge is 2.15. The third-order valence-corrected chi connectivity index (χ3v) is 2.70. The van der Waals surface area contributed by atoms with E-state index in [1.165, 1.54) is 0 Å². The molecule has 4 heteroatoms. The normalized spacial score (nSPS) is 15.1. The van der Waals surface area contributed by atoms with Gasteiger partial charge >= 0.3 is 0 Å². The van der Waals surface area contributed by atoms with E-state index in [0.717, 1.165) is 17.2 Å². The molecular weight excluding hydrogens is 204 g/mol. The van der Waals surface area contributed by atoms with Crippen LogP contribution in [0.2, 0.25) is 0 Å². The number of rotatable bonds is 2. The zero-order chi connectivity index (χ0) is 11.5. The van der Waals surface area contributed by atoms with E-state index in [-0.39, 0.29) is 6.04 Å².